The summed E-state index contributed by atoms with van der Waals surface area (Å²) in [5.74, 6) is 1.83. The van der Waals surface area contributed by atoms with Crippen LogP contribution in [0.1, 0.15) is 24.8 Å². The molecule has 3 aliphatic rings. The van der Waals surface area contributed by atoms with Crippen molar-refractivity contribution >= 4 is 0 Å². The summed E-state index contributed by atoms with van der Waals surface area (Å²) in [4.78, 5) is 5.34. The molecule has 2 fully saturated rings. The fraction of sp³-hybridized carbons (Fsp3) is 0.700. The molecule has 1 unspecified atom stereocenters. The molecule has 0 aromatic heterocycles. The highest BCUT2D eigenvalue weighted by atomic mass is 16.5. The predicted molar refractivity (Wildman–Crippen MR) is 95.6 cm³/mol. The minimum absolute atomic E-state index is 0.730. The van der Waals surface area contributed by atoms with Crippen molar-refractivity contribution in [3.8, 4) is 5.75 Å². The van der Waals surface area contributed by atoms with E-state index in [1.54, 1.807) is 0 Å². The molecule has 3 heterocycles. The molecule has 0 bridgehead atoms. The highest BCUT2D eigenvalue weighted by Gasteiger charge is 2.27. The fourth-order valence-electron chi connectivity index (χ4n) is 4.49. The van der Waals surface area contributed by atoms with Gasteiger partial charge in [-0.1, -0.05) is 18.2 Å². The summed E-state index contributed by atoms with van der Waals surface area (Å²) in [6.07, 6.45) is 4.98. The molecule has 0 spiro atoms. The summed E-state index contributed by atoms with van der Waals surface area (Å²) < 4.78 is 11.4. The average molecular weight is 330 g/mol. The standard InChI is InChI=1S/C20H30N2O2/c1-2-4-20-18(3-1)15-17(7-12-24-20)16-21-8-5-19(6-9-21)22-10-13-23-14-11-22/h1-4,17,19H,5-16H2. The van der Waals surface area contributed by atoms with Crippen LogP contribution in [0.5, 0.6) is 5.75 Å². The Kier molecular flexibility index (Phi) is 5.36. The molecule has 24 heavy (non-hydrogen) atoms. The Bertz CT molecular complexity index is 522. The average Bonchev–Trinajstić information content (AvgIpc) is 2.85. The lowest BCUT2D eigenvalue weighted by atomic mass is 9.94. The molecule has 0 saturated carbocycles. The number of piperidine rings is 1. The molecule has 0 aliphatic carbocycles. The van der Waals surface area contributed by atoms with Crippen molar-refractivity contribution in [3.63, 3.8) is 0 Å². The first kappa shape index (κ1) is 16.4. The van der Waals surface area contributed by atoms with Gasteiger partial charge in [-0.05, 0) is 56.3 Å². The zero-order chi connectivity index (χ0) is 16.2. The number of para-hydroxylation sites is 1. The van der Waals surface area contributed by atoms with Gasteiger partial charge < -0.3 is 14.4 Å². The summed E-state index contributed by atoms with van der Waals surface area (Å²) in [5, 5.41) is 0. The normalized spacial score (nSPS) is 27.2. The van der Waals surface area contributed by atoms with Gasteiger partial charge in [0.1, 0.15) is 5.75 Å². The van der Waals surface area contributed by atoms with Crippen molar-refractivity contribution in [1.82, 2.24) is 9.80 Å². The predicted octanol–water partition coefficient (Wildman–Crippen LogP) is 2.42. The maximum absolute atomic E-state index is 5.93. The molecule has 4 rings (SSSR count). The van der Waals surface area contributed by atoms with Gasteiger partial charge in [-0.25, -0.2) is 0 Å². The first-order valence-corrected chi connectivity index (χ1v) is 9.63. The first-order chi connectivity index (χ1) is 11.9. The smallest absolute Gasteiger partial charge is 0.122 e. The number of morpholine rings is 1. The molecular formula is C20H30N2O2. The van der Waals surface area contributed by atoms with E-state index in [2.05, 4.69) is 34.1 Å². The fourth-order valence-corrected chi connectivity index (χ4v) is 4.49. The van der Waals surface area contributed by atoms with Crippen LogP contribution >= 0.6 is 0 Å². The summed E-state index contributed by atoms with van der Waals surface area (Å²) in [5.41, 5.74) is 1.39. The number of hydrogen-bond acceptors (Lipinski definition) is 4. The van der Waals surface area contributed by atoms with Gasteiger partial charge in [0, 0.05) is 25.7 Å². The minimum Gasteiger partial charge on any atom is -0.493 e. The molecule has 0 radical (unpaired) electrons. The molecule has 132 valence electrons. The Hall–Kier alpha value is -1.10. The van der Waals surface area contributed by atoms with E-state index in [1.165, 1.54) is 50.9 Å². The SMILES string of the molecule is c1ccc2c(c1)CC(CN1CCC(N3CCOCC3)CC1)CCO2. The zero-order valence-electron chi connectivity index (χ0n) is 14.7. The number of nitrogens with zero attached hydrogens (tertiary/aromatic N) is 2. The van der Waals surface area contributed by atoms with Crippen LogP contribution in [0.4, 0.5) is 0 Å². The van der Waals surface area contributed by atoms with Crippen LogP contribution in [-0.4, -0.2) is 68.4 Å². The summed E-state index contributed by atoms with van der Waals surface area (Å²) in [6.45, 7) is 8.69. The second-order valence-corrected chi connectivity index (χ2v) is 7.50. The lowest BCUT2D eigenvalue weighted by Crippen LogP contribution is -2.49. The molecule has 1 aromatic carbocycles. The first-order valence-electron chi connectivity index (χ1n) is 9.63. The van der Waals surface area contributed by atoms with E-state index in [0.717, 1.165) is 50.6 Å². The summed E-state index contributed by atoms with van der Waals surface area (Å²) in [7, 11) is 0. The summed E-state index contributed by atoms with van der Waals surface area (Å²) >= 11 is 0. The third-order valence-corrected chi connectivity index (χ3v) is 5.90. The van der Waals surface area contributed by atoms with Crippen LogP contribution in [0.15, 0.2) is 24.3 Å². The Morgan fingerprint density at radius 3 is 2.54 bits per heavy atom. The van der Waals surface area contributed by atoms with Crippen LogP contribution in [0, 0.1) is 5.92 Å². The van der Waals surface area contributed by atoms with Gasteiger partial charge in [0.2, 0.25) is 0 Å². The number of fused-ring (bicyclic) bond motifs is 1. The Morgan fingerprint density at radius 2 is 1.71 bits per heavy atom. The quantitative estimate of drug-likeness (QED) is 0.850. The van der Waals surface area contributed by atoms with Crippen molar-refractivity contribution < 1.29 is 9.47 Å². The van der Waals surface area contributed by atoms with E-state index >= 15 is 0 Å². The van der Waals surface area contributed by atoms with Gasteiger partial charge in [0.25, 0.3) is 0 Å². The highest BCUT2D eigenvalue weighted by molar-refractivity contribution is 5.34. The van der Waals surface area contributed by atoms with E-state index in [9.17, 15) is 0 Å². The largest absolute Gasteiger partial charge is 0.493 e. The zero-order valence-corrected chi connectivity index (χ0v) is 14.7. The van der Waals surface area contributed by atoms with E-state index in [-0.39, 0.29) is 0 Å². The van der Waals surface area contributed by atoms with Crippen LogP contribution < -0.4 is 4.74 Å². The molecule has 0 amide bonds. The van der Waals surface area contributed by atoms with Crippen LogP contribution in [0.2, 0.25) is 0 Å². The van der Waals surface area contributed by atoms with Gasteiger partial charge in [-0.3, -0.25) is 4.90 Å². The second kappa shape index (κ2) is 7.85. The molecule has 4 nitrogen and oxygen atoms in total. The topological polar surface area (TPSA) is 24.9 Å². The van der Waals surface area contributed by atoms with Crippen molar-refractivity contribution in [2.45, 2.75) is 31.7 Å². The van der Waals surface area contributed by atoms with Crippen molar-refractivity contribution in [2.24, 2.45) is 5.92 Å². The minimum atomic E-state index is 0.730. The Labute approximate surface area is 145 Å². The van der Waals surface area contributed by atoms with Crippen LogP contribution in [0.3, 0.4) is 0 Å². The van der Waals surface area contributed by atoms with Gasteiger partial charge in [-0.15, -0.1) is 0 Å². The summed E-state index contributed by atoms with van der Waals surface area (Å²) in [6, 6.07) is 9.35. The number of hydrogen-bond donors (Lipinski definition) is 0. The third kappa shape index (κ3) is 3.93. The van der Waals surface area contributed by atoms with Gasteiger partial charge in [0.15, 0.2) is 0 Å². The van der Waals surface area contributed by atoms with E-state index < -0.39 is 0 Å². The van der Waals surface area contributed by atoms with E-state index in [4.69, 9.17) is 9.47 Å². The monoisotopic (exact) mass is 330 g/mol. The number of benzene rings is 1. The lowest BCUT2D eigenvalue weighted by Gasteiger charge is -2.40. The van der Waals surface area contributed by atoms with Crippen molar-refractivity contribution in [2.75, 3.05) is 52.5 Å². The van der Waals surface area contributed by atoms with E-state index in [0.29, 0.717) is 0 Å². The molecule has 3 aliphatic heterocycles. The Morgan fingerprint density at radius 1 is 0.917 bits per heavy atom. The number of likely N-dealkylation sites (tertiary alicyclic amines) is 1. The second-order valence-electron chi connectivity index (χ2n) is 7.50. The van der Waals surface area contributed by atoms with Gasteiger partial charge >= 0.3 is 0 Å². The molecular weight excluding hydrogens is 300 g/mol. The van der Waals surface area contributed by atoms with Gasteiger partial charge in [-0.2, -0.15) is 0 Å². The molecule has 1 aromatic rings. The number of rotatable bonds is 3. The Balaban J connectivity index is 1.28. The van der Waals surface area contributed by atoms with E-state index in [1.807, 2.05) is 0 Å². The molecule has 4 heteroatoms. The highest BCUT2D eigenvalue weighted by Crippen LogP contribution is 2.28. The maximum Gasteiger partial charge on any atom is 0.122 e. The van der Waals surface area contributed by atoms with Gasteiger partial charge in [0.05, 0.1) is 19.8 Å². The van der Waals surface area contributed by atoms with Crippen molar-refractivity contribution in [1.29, 1.82) is 0 Å². The molecule has 1 atom stereocenters. The third-order valence-electron chi connectivity index (χ3n) is 5.90. The van der Waals surface area contributed by atoms with Crippen LogP contribution in [0.25, 0.3) is 0 Å². The lowest BCUT2D eigenvalue weighted by molar-refractivity contribution is -0.000454. The molecule has 0 N–H and O–H groups in total. The number of ether oxygens (including phenoxy) is 2. The van der Waals surface area contributed by atoms with Crippen molar-refractivity contribution in [3.05, 3.63) is 29.8 Å². The molecule has 2 saturated heterocycles. The van der Waals surface area contributed by atoms with Crippen LogP contribution in [-0.2, 0) is 11.2 Å². The maximum atomic E-state index is 5.93.